The minimum atomic E-state index is -0.160. The Hall–Kier alpha value is -2.54. The molecule has 1 saturated heterocycles. The topological polar surface area (TPSA) is 68.6 Å². The summed E-state index contributed by atoms with van der Waals surface area (Å²) in [4.78, 5) is 14.5. The van der Waals surface area contributed by atoms with Crippen molar-refractivity contribution in [3.63, 3.8) is 0 Å². The Morgan fingerprint density at radius 2 is 2.08 bits per heavy atom. The normalized spacial score (nSPS) is 16.1. The number of hydrogen-bond acceptors (Lipinski definition) is 5. The molecule has 0 radical (unpaired) electrons. The van der Waals surface area contributed by atoms with E-state index >= 15 is 0 Å². The summed E-state index contributed by atoms with van der Waals surface area (Å²) in [7, 11) is 3.20. The molecule has 134 valence electrons. The van der Waals surface area contributed by atoms with Crippen molar-refractivity contribution in [3.05, 3.63) is 42.2 Å². The summed E-state index contributed by atoms with van der Waals surface area (Å²) in [6.07, 6.45) is 3.74. The van der Waals surface area contributed by atoms with Gasteiger partial charge in [-0.15, -0.1) is 0 Å². The summed E-state index contributed by atoms with van der Waals surface area (Å²) in [5.74, 6) is 1.36. The van der Waals surface area contributed by atoms with Crippen LogP contribution in [0.15, 0.2) is 36.7 Å². The first-order valence-electron chi connectivity index (χ1n) is 8.34. The monoisotopic (exact) mass is 344 g/mol. The molecule has 3 rings (SSSR count). The zero-order valence-electron chi connectivity index (χ0n) is 14.8. The molecule has 1 aliphatic rings. The summed E-state index contributed by atoms with van der Waals surface area (Å²) >= 11 is 0. The van der Waals surface area contributed by atoms with E-state index in [1.165, 1.54) is 0 Å². The minimum absolute atomic E-state index is 0.0219. The Balaban J connectivity index is 1.49. The Morgan fingerprint density at radius 1 is 1.32 bits per heavy atom. The number of nitrogens with one attached hydrogen (secondary N) is 1. The fourth-order valence-corrected chi connectivity index (χ4v) is 2.96. The van der Waals surface area contributed by atoms with Crippen molar-refractivity contribution in [2.75, 3.05) is 27.3 Å². The van der Waals surface area contributed by atoms with Gasteiger partial charge < -0.3 is 14.8 Å². The molecule has 2 aromatic rings. The Kier molecular flexibility index (Phi) is 5.23. The van der Waals surface area contributed by atoms with Crippen molar-refractivity contribution < 1.29 is 14.3 Å². The van der Waals surface area contributed by atoms with Gasteiger partial charge in [-0.2, -0.15) is 5.10 Å². The van der Waals surface area contributed by atoms with Crippen LogP contribution in [0.2, 0.25) is 0 Å². The zero-order valence-corrected chi connectivity index (χ0v) is 14.8. The van der Waals surface area contributed by atoms with Gasteiger partial charge in [0.25, 0.3) is 0 Å². The molecule has 7 nitrogen and oxygen atoms in total. The largest absolute Gasteiger partial charge is 0.493 e. The maximum absolute atomic E-state index is 12.4. The number of rotatable bonds is 7. The highest BCUT2D eigenvalue weighted by atomic mass is 16.5. The zero-order chi connectivity index (χ0) is 17.8. The van der Waals surface area contributed by atoms with Crippen LogP contribution in [-0.2, 0) is 11.3 Å². The van der Waals surface area contributed by atoms with Crippen LogP contribution in [0.5, 0.6) is 11.5 Å². The molecule has 0 spiro atoms. The lowest BCUT2D eigenvalue weighted by molar-refractivity contribution is -0.128. The summed E-state index contributed by atoms with van der Waals surface area (Å²) in [5.41, 5.74) is 0.969. The Labute approximate surface area is 147 Å². The number of amides is 1. The maximum Gasteiger partial charge on any atom is 0.237 e. The molecule has 1 N–H and O–H groups in total. The second-order valence-corrected chi connectivity index (χ2v) is 6.18. The highest BCUT2D eigenvalue weighted by Gasteiger charge is 2.34. The highest BCUT2D eigenvalue weighted by Crippen LogP contribution is 2.27. The van der Waals surface area contributed by atoms with Crippen molar-refractivity contribution >= 4 is 5.91 Å². The lowest BCUT2D eigenvalue weighted by Crippen LogP contribution is -2.56. The molecule has 0 aliphatic carbocycles. The fraction of sp³-hybridized carbons (Fsp3) is 0.444. The number of methoxy groups -OCH3 is 2. The maximum atomic E-state index is 12.4. The first-order valence-corrected chi connectivity index (χ1v) is 8.34. The number of ether oxygens (including phenoxy) is 2. The van der Waals surface area contributed by atoms with Gasteiger partial charge in [-0.05, 0) is 30.7 Å². The second kappa shape index (κ2) is 7.57. The number of likely N-dealkylation sites (tertiary alicyclic amines) is 1. The molecule has 7 heteroatoms. The molecule has 1 aliphatic heterocycles. The van der Waals surface area contributed by atoms with Gasteiger partial charge in [0.05, 0.1) is 26.3 Å². The van der Waals surface area contributed by atoms with Crippen molar-refractivity contribution in [2.24, 2.45) is 0 Å². The van der Waals surface area contributed by atoms with Gasteiger partial charge in [0.1, 0.15) is 0 Å². The molecular formula is C18H24N4O3. The van der Waals surface area contributed by atoms with E-state index in [-0.39, 0.29) is 11.9 Å². The number of carbonyl (C=O) groups excluding carboxylic acids is 1. The summed E-state index contributed by atoms with van der Waals surface area (Å²) in [6.45, 7) is 4.07. The van der Waals surface area contributed by atoms with Gasteiger partial charge in [-0.25, -0.2) is 0 Å². The number of benzene rings is 1. The minimum Gasteiger partial charge on any atom is -0.493 e. The van der Waals surface area contributed by atoms with E-state index in [0.717, 1.165) is 18.7 Å². The molecule has 1 aromatic carbocycles. The van der Waals surface area contributed by atoms with E-state index in [2.05, 4.69) is 15.3 Å². The predicted molar refractivity (Wildman–Crippen MR) is 93.7 cm³/mol. The van der Waals surface area contributed by atoms with E-state index < -0.39 is 0 Å². The number of carbonyl (C=O) groups is 1. The molecule has 0 unspecified atom stereocenters. The van der Waals surface area contributed by atoms with Crippen LogP contribution < -0.4 is 14.8 Å². The molecule has 2 heterocycles. The SMILES string of the molecule is COc1ccc(CNC(=O)[C@H](C)N2CC(n3cccn3)C2)cc1OC. The number of nitrogens with zero attached hydrogens (tertiary/aromatic N) is 3. The van der Waals surface area contributed by atoms with E-state index in [9.17, 15) is 4.79 Å². The molecule has 0 saturated carbocycles. The van der Waals surface area contributed by atoms with Gasteiger partial charge in [-0.3, -0.25) is 14.4 Å². The van der Waals surface area contributed by atoms with Crippen LogP contribution >= 0.6 is 0 Å². The summed E-state index contributed by atoms with van der Waals surface area (Å²) < 4.78 is 12.5. The number of hydrogen-bond donors (Lipinski definition) is 1. The molecule has 1 amide bonds. The van der Waals surface area contributed by atoms with Gasteiger partial charge in [0.15, 0.2) is 11.5 Å². The molecule has 1 aromatic heterocycles. The van der Waals surface area contributed by atoms with Crippen LogP contribution in [0.25, 0.3) is 0 Å². The highest BCUT2D eigenvalue weighted by molar-refractivity contribution is 5.81. The smallest absolute Gasteiger partial charge is 0.237 e. The van der Waals surface area contributed by atoms with Crippen molar-refractivity contribution in [1.82, 2.24) is 20.0 Å². The van der Waals surface area contributed by atoms with E-state index in [1.54, 1.807) is 20.4 Å². The third kappa shape index (κ3) is 3.76. The van der Waals surface area contributed by atoms with Gasteiger partial charge in [-0.1, -0.05) is 6.07 Å². The van der Waals surface area contributed by atoms with Gasteiger partial charge in [0, 0.05) is 32.0 Å². The second-order valence-electron chi connectivity index (χ2n) is 6.18. The summed E-state index contributed by atoms with van der Waals surface area (Å²) in [6, 6.07) is 7.75. The molecular weight excluding hydrogens is 320 g/mol. The van der Waals surface area contributed by atoms with Crippen LogP contribution in [0.3, 0.4) is 0 Å². The lowest BCUT2D eigenvalue weighted by Gasteiger charge is -2.42. The predicted octanol–water partition coefficient (Wildman–Crippen LogP) is 1.46. The van der Waals surface area contributed by atoms with Gasteiger partial charge in [0.2, 0.25) is 5.91 Å². The van der Waals surface area contributed by atoms with Crippen molar-refractivity contribution in [3.8, 4) is 11.5 Å². The van der Waals surface area contributed by atoms with Crippen LogP contribution in [0.1, 0.15) is 18.5 Å². The van der Waals surface area contributed by atoms with Crippen molar-refractivity contribution in [2.45, 2.75) is 25.6 Å². The van der Waals surface area contributed by atoms with Crippen molar-refractivity contribution in [1.29, 1.82) is 0 Å². The summed E-state index contributed by atoms with van der Waals surface area (Å²) in [5, 5.41) is 7.24. The molecule has 25 heavy (non-hydrogen) atoms. The van der Waals surface area contributed by atoms with E-state index in [0.29, 0.717) is 24.1 Å². The standard InChI is InChI=1S/C18H24N4O3/c1-13(21-11-15(12-21)22-8-4-7-20-22)18(23)19-10-14-5-6-16(24-2)17(9-14)25-3/h4-9,13,15H,10-12H2,1-3H3,(H,19,23)/t13-/m0/s1. The Bertz CT molecular complexity index is 711. The number of aromatic nitrogens is 2. The molecule has 1 atom stereocenters. The Morgan fingerprint density at radius 3 is 2.72 bits per heavy atom. The lowest BCUT2D eigenvalue weighted by atomic mass is 10.1. The van der Waals surface area contributed by atoms with Crippen LogP contribution in [0, 0.1) is 0 Å². The fourth-order valence-electron chi connectivity index (χ4n) is 2.96. The van der Waals surface area contributed by atoms with E-state index in [1.807, 2.05) is 42.1 Å². The molecule has 1 fully saturated rings. The third-order valence-corrected chi connectivity index (χ3v) is 4.63. The molecule has 0 bridgehead atoms. The third-order valence-electron chi connectivity index (χ3n) is 4.63. The van der Waals surface area contributed by atoms with E-state index in [4.69, 9.17) is 9.47 Å². The average molecular weight is 344 g/mol. The average Bonchev–Trinajstić information content (AvgIpc) is 3.12. The first-order chi connectivity index (χ1) is 12.1. The first kappa shape index (κ1) is 17.3. The quantitative estimate of drug-likeness (QED) is 0.824. The van der Waals surface area contributed by atoms with Crippen LogP contribution in [0.4, 0.5) is 0 Å². The van der Waals surface area contributed by atoms with Crippen LogP contribution in [-0.4, -0.2) is 53.9 Å². The van der Waals surface area contributed by atoms with Gasteiger partial charge >= 0.3 is 0 Å².